The summed E-state index contributed by atoms with van der Waals surface area (Å²) in [4.78, 5) is 30.9. The largest absolute Gasteiger partial charge is 0.339 e. The minimum atomic E-state index is -0.145. The highest BCUT2D eigenvalue weighted by atomic mass is 35.5. The molecule has 0 spiro atoms. The number of halogens is 1. The molecule has 3 amide bonds. The van der Waals surface area contributed by atoms with E-state index in [0.29, 0.717) is 49.5 Å². The summed E-state index contributed by atoms with van der Waals surface area (Å²) in [5, 5.41) is 3.38. The quantitative estimate of drug-likeness (QED) is 0.879. The van der Waals surface area contributed by atoms with Crippen molar-refractivity contribution < 1.29 is 9.59 Å². The number of piperidine rings is 1. The Morgan fingerprint density at radius 1 is 1.12 bits per heavy atom. The molecule has 7 heteroatoms. The molecular formula is C19H27ClN4O2. The average Bonchev–Trinajstić information content (AvgIpc) is 2.64. The highest BCUT2D eigenvalue weighted by molar-refractivity contribution is 6.33. The van der Waals surface area contributed by atoms with Crippen molar-refractivity contribution in [2.24, 2.45) is 0 Å². The standard InChI is InChI=1S/C19H27ClN4O2/c1-15-6-4-5-9-24(15)18(25)14-22-10-12-23(13-11-22)19(26)21-17-8-3-2-7-16(17)20/h2-3,7-8,15H,4-6,9-14H2,1H3,(H,21,26). The zero-order valence-corrected chi connectivity index (χ0v) is 16.0. The third-order valence-corrected chi connectivity index (χ3v) is 5.59. The van der Waals surface area contributed by atoms with E-state index in [9.17, 15) is 9.59 Å². The highest BCUT2D eigenvalue weighted by Crippen LogP contribution is 2.21. The lowest BCUT2D eigenvalue weighted by Gasteiger charge is -2.38. The van der Waals surface area contributed by atoms with Gasteiger partial charge in [-0.25, -0.2) is 4.79 Å². The topological polar surface area (TPSA) is 55.9 Å². The number of rotatable bonds is 3. The normalized spacial score (nSPS) is 21.5. The van der Waals surface area contributed by atoms with Crippen LogP contribution in [0.5, 0.6) is 0 Å². The molecule has 142 valence electrons. The predicted octanol–water partition coefficient (Wildman–Crippen LogP) is 2.89. The van der Waals surface area contributed by atoms with Crippen molar-refractivity contribution in [3.63, 3.8) is 0 Å². The molecule has 0 aliphatic carbocycles. The summed E-state index contributed by atoms with van der Waals surface area (Å²) in [6, 6.07) is 7.41. The Balaban J connectivity index is 1.46. The average molecular weight is 379 g/mol. The molecule has 1 N–H and O–H groups in total. The van der Waals surface area contributed by atoms with Crippen LogP contribution in [0.3, 0.4) is 0 Å². The molecule has 6 nitrogen and oxygen atoms in total. The number of hydrogen-bond acceptors (Lipinski definition) is 3. The van der Waals surface area contributed by atoms with Gasteiger partial charge in [-0.3, -0.25) is 9.69 Å². The summed E-state index contributed by atoms with van der Waals surface area (Å²) in [7, 11) is 0. The van der Waals surface area contributed by atoms with Gasteiger partial charge in [-0.15, -0.1) is 0 Å². The van der Waals surface area contributed by atoms with E-state index in [0.717, 1.165) is 19.4 Å². The molecule has 2 aliphatic heterocycles. The van der Waals surface area contributed by atoms with Gasteiger partial charge in [-0.1, -0.05) is 23.7 Å². The van der Waals surface area contributed by atoms with Crippen LogP contribution in [0.2, 0.25) is 5.02 Å². The molecule has 2 heterocycles. The number of carbonyl (C=O) groups excluding carboxylic acids is 2. The Kier molecular flexibility index (Phi) is 6.38. The van der Waals surface area contributed by atoms with Crippen LogP contribution in [-0.4, -0.2) is 71.9 Å². The van der Waals surface area contributed by atoms with Crippen LogP contribution in [0, 0.1) is 0 Å². The first-order valence-electron chi connectivity index (χ1n) is 9.37. The molecule has 2 aliphatic rings. The number of likely N-dealkylation sites (tertiary alicyclic amines) is 1. The fourth-order valence-electron chi connectivity index (χ4n) is 3.62. The van der Waals surface area contributed by atoms with Crippen LogP contribution in [0.4, 0.5) is 10.5 Å². The third-order valence-electron chi connectivity index (χ3n) is 5.26. The zero-order valence-electron chi connectivity index (χ0n) is 15.3. The van der Waals surface area contributed by atoms with E-state index < -0.39 is 0 Å². The molecule has 2 saturated heterocycles. The Morgan fingerprint density at radius 2 is 1.85 bits per heavy atom. The lowest BCUT2D eigenvalue weighted by Crippen LogP contribution is -2.53. The summed E-state index contributed by atoms with van der Waals surface area (Å²) in [5.74, 6) is 0.214. The maximum Gasteiger partial charge on any atom is 0.321 e. The molecule has 1 aromatic carbocycles. The molecule has 1 unspecified atom stereocenters. The van der Waals surface area contributed by atoms with Gasteiger partial charge in [0.1, 0.15) is 0 Å². The van der Waals surface area contributed by atoms with Crippen molar-refractivity contribution in [2.45, 2.75) is 32.2 Å². The van der Waals surface area contributed by atoms with Crippen LogP contribution in [0.25, 0.3) is 0 Å². The number of benzene rings is 1. The second kappa shape index (κ2) is 8.73. The van der Waals surface area contributed by atoms with Crippen LogP contribution >= 0.6 is 11.6 Å². The number of anilines is 1. The van der Waals surface area contributed by atoms with Crippen LogP contribution in [0.1, 0.15) is 26.2 Å². The van der Waals surface area contributed by atoms with Gasteiger partial charge < -0.3 is 15.1 Å². The van der Waals surface area contributed by atoms with Gasteiger partial charge in [0.25, 0.3) is 0 Å². The molecule has 26 heavy (non-hydrogen) atoms. The van der Waals surface area contributed by atoms with Crippen LogP contribution < -0.4 is 5.32 Å². The number of amides is 3. The minimum absolute atomic E-state index is 0.145. The monoisotopic (exact) mass is 378 g/mol. The van der Waals surface area contributed by atoms with E-state index in [1.165, 1.54) is 6.42 Å². The van der Waals surface area contributed by atoms with Gasteiger partial charge in [0.2, 0.25) is 5.91 Å². The van der Waals surface area contributed by atoms with Gasteiger partial charge >= 0.3 is 6.03 Å². The maximum atomic E-state index is 12.5. The van der Waals surface area contributed by atoms with Gasteiger partial charge in [0.15, 0.2) is 0 Å². The number of urea groups is 1. The summed E-state index contributed by atoms with van der Waals surface area (Å²) < 4.78 is 0. The summed E-state index contributed by atoms with van der Waals surface area (Å²) in [5.41, 5.74) is 0.621. The summed E-state index contributed by atoms with van der Waals surface area (Å²) in [6.45, 7) is 6.10. The zero-order chi connectivity index (χ0) is 18.5. The summed E-state index contributed by atoms with van der Waals surface area (Å²) >= 11 is 6.09. The lowest BCUT2D eigenvalue weighted by molar-refractivity contribution is -0.136. The van der Waals surface area contributed by atoms with Crippen molar-refractivity contribution in [1.29, 1.82) is 0 Å². The van der Waals surface area contributed by atoms with Crippen molar-refractivity contribution >= 4 is 29.2 Å². The first-order valence-corrected chi connectivity index (χ1v) is 9.74. The van der Waals surface area contributed by atoms with Crippen molar-refractivity contribution in [1.82, 2.24) is 14.7 Å². The second-order valence-corrected chi connectivity index (χ2v) is 7.51. The fraction of sp³-hybridized carbons (Fsp3) is 0.579. The van der Waals surface area contributed by atoms with E-state index in [1.54, 1.807) is 17.0 Å². The van der Waals surface area contributed by atoms with E-state index >= 15 is 0 Å². The van der Waals surface area contributed by atoms with E-state index in [-0.39, 0.29) is 11.9 Å². The molecule has 0 bridgehead atoms. The molecule has 1 aromatic rings. The third kappa shape index (κ3) is 4.68. The molecule has 0 aromatic heterocycles. The van der Waals surface area contributed by atoms with Crippen molar-refractivity contribution in [2.75, 3.05) is 44.6 Å². The molecule has 1 atom stereocenters. The van der Waals surface area contributed by atoms with Gasteiger partial charge in [-0.05, 0) is 38.3 Å². The highest BCUT2D eigenvalue weighted by Gasteiger charge is 2.27. The number of piperazine rings is 1. The number of hydrogen-bond donors (Lipinski definition) is 1. The smallest absolute Gasteiger partial charge is 0.321 e. The molecule has 3 rings (SSSR count). The lowest BCUT2D eigenvalue weighted by atomic mass is 10.0. The van der Waals surface area contributed by atoms with Crippen LogP contribution in [0.15, 0.2) is 24.3 Å². The molecule has 2 fully saturated rings. The molecular weight excluding hydrogens is 352 g/mol. The van der Waals surface area contributed by atoms with Crippen LogP contribution in [-0.2, 0) is 4.79 Å². The maximum absolute atomic E-state index is 12.5. The Morgan fingerprint density at radius 3 is 2.54 bits per heavy atom. The van der Waals surface area contributed by atoms with Gasteiger partial charge in [-0.2, -0.15) is 0 Å². The number of carbonyl (C=O) groups is 2. The van der Waals surface area contributed by atoms with E-state index in [1.807, 2.05) is 17.0 Å². The Bertz CT molecular complexity index is 646. The predicted molar refractivity (Wildman–Crippen MR) is 104 cm³/mol. The van der Waals surface area contributed by atoms with Crippen molar-refractivity contribution in [3.8, 4) is 0 Å². The second-order valence-electron chi connectivity index (χ2n) is 7.11. The van der Waals surface area contributed by atoms with Gasteiger partial charge in [0.05, 0.1) is 17.3 Å². The van der Waals surface area contributed by atoms with E-state index in [2.05, 4.69) is 17.1 Å². The molecule has 0 radical (unpaired) electrons. The first-order chi connectivity index (χ1) is 12.5. The summed E-state index contributed by atoms with van der Waals surface area (Å²) in [6.07, 6.45) is 3.41. The molecule has 0 saturated carbocycles. The SMILES string of the molecule is CC1CCCCN1C(=O)CN1CCN(C(=O)Nc2ccccc2Cl)CC1. The number of nitrogens with one attached hydrogen (secondary N) is 1. The fourth-order valence-corrected chi connectivity index (χ4v) is 3.80. The van der Waals surface area contributed by atoms with Crippen molar-refractivity contribution in [3.05, 3.63) is 29.3 Å². The first kappa shape index (κ1) is 19.0. The number of para-hydroxylation sites is 1. The minimum Gasteiger partial charge on any atom is -0.339 e. The Labute approximate surface area is 160 Å². The van der Waals surface area contributed by atoms with Gasteiger partial charge in [0, 0.05) is 38.8 Å². The number of nitrogens with zero attached hydrogens (tertiary/aromatic N) is 3. The van der Waals surface area contributed by atoms with E-state index in [4.69, 9.17) is 11.6 Å². The Hall–Kier alpha value is -1.79.